The maximum Gasteiger partial charge on any atom is 1.00 e. The molecule has 0 saturated heterocycles. The molecule has 0 atom stereocenters. The van der Waals surface area contributed by atoms with Crippen LogP contribution < -0.4 is 0 Å². The molecule has 0 aromatic rings. The van der Waals surface area contributed by atoms with Gasteiger partial charge in [-0.3, -0.25) is 0 Å². The van der Waals surface area contributed by atoms with Crippen molar-refractivity contribution in [1.82, 2.24) is 0 Å². The van der Waals surface area contributed by atoms with Gasteiger partial charge < -0.3 is 0 Å². The molecule has 6 aliphatic carbocycles. The fourth-order valence-corrected chi connectivity index (χ4v) is 21.1. The standard InChI is InChI=1S/2C18H33P.Au/c2*1-4-10-16(11-5-1)19(17-12-6-2-7-13-17)18-14-8-3-9-15-18;/h2*16-18H,1-15H2;/q;;+1/p+2. The molecule has 230 valence electrons. The largest absolute Gasteiger partial charge is 1.00 e. The quantitative estimate of drug-likeness (QED) is 0.187. The molecule has 0 aromatic carbocycles. The van der Waals surface area contributed by atoms with Crippen LogP contribution in [-0.2, 0) is 22.4 Å². The van der Waals surface area contributed by atoms with Crippen LogP contribution in [0.2, 0.25) is 0 Å². The average molecular weight is 760 g/mol. The van der Waals surface area contributed by atoms with Crippen molar-refractivity contribution in [3.63, 3.8) is 0 Å². The Labute approximate surface area is 263 Å². The fraction of sp³-hybridized carbons (Fsp3) is 1.00. The Morgan fingerprint density at radius 3 is 0.462 bits per heavy atom. The topological polar surface area (TPSA) is 0 Å². The minimum Gasteiger partial charge on any atom is -0.0530 e. The second-order valence-corrected chi connectivity index (χ2v) is 21.9. The molecule has 0 amide bonds. The Balaban J connectivity index is 0.000000176. The van der Waals surface area contributed by atoms with Crippen LogP contribution in [0, 0.1) is 0 Å². The molecule has 0 aromatic heterocycles. The molecule has 0 spiro atoms. The van der Waals surface area contributed by atoms with Gasteiger partial charge in [0, 0.05) is 15.8 Å². The van der Waals surface area contributed by atoms with Gasteiger partial charge in [0.15, 0.2) is 0 Å². The molecule has 0 aliphatic heterocycles. The van der Waals surface area contributed by atoms with Crippen LogP contribution in [0.5, 0.6) is 0 Å². The van der Waals surface area contributed by atoms with Crippen molar-refractivity contribution >= 4 is 15.8 Å². The van der Waals surface area contributed by atoms with Crippen molar-refractivity contribution < 1.29 is 22.4 Å². The van der Waals surface area contributed by atoms with E-state index in [1.165, 1.54) is 34.0 Å². The second kappa shape index (κ2) is 19.1. The third-order valence-electron chi connectivity index (χ3n) is 12.5. The van der Waals surface area contributed by atoms with Gasteiger partial charge in [-0.15, -0.1) is 0 Å². The van der Waals surface area contributed by atoms with Crippen molar-refractivity contribution in [2.75, 3.05) is 0 Å². The van der Waals surface area contributed by atoms with Crippen molar-refractivity contribution in [2.24, 2.45) is 0 Å². The van der Waals surface area contributed by atoms with Gasteiger partial charge in [0.05, 0.1) is 34.0 Å². The zero-order valence-corrected chi connectivity index (χ0v) is 30.1. The van der Waals surface area contributed by atoms with Gasteiger partial charge in [0.25, 0.3) is 0 Å². The second-order valence-electron chi connectivity index (χ2n) is 15.0. The van der Waals surface area contributed by atoms with Gasteiger partial charge in [0.1, 0.15) is 0 Å². The summed E-state index contributed by atoms with van der Waals surface area (Å²) < 4.78 is 0. The van der Waals surface area contributed by atoms with E-state index in [4.69, 9.17) is 0 Å². The van der Waals surface area contributed by atoms with Gasteiger partial charge in [-0.05, 0) is 154 Å². The van der Waals surface area contributed by atoms with Crippen LogP contribution in [0.4, 0.5) is 0 Å². The number of hydrogen-bond donors (Lipinski definition) is 0. The van der Waals surface area contributed by atoms with E-state index >= 15 is 0 Å². The molecule has 0 N–H and O–H groups in total. The Kier molecular flexibility index (Phi) is 16.4. The molecular formula is C36H68AuP2+3. The first kappa shape index (κ1) is 33.5. The summed E-state index contributed by atoms with van der Waals surface area (Å²) in [7, 11) is -0.0930. The van der Waals surface area contributed by atoms with E-state index < -0.39 is 0 Å². The molecule has 0 unspecified atom stereocenters. The normalized spacial score (nSPS) is 28.2. The summed E-state index contributed by atoms with van der Waals surface area (Å²) in [4.78, 5) is 0. The molecule has 0 bridgehead atoms. The third kappa shape index (κ3) is 10.3. The number of hydrogen-bond acceptors (Lipinski definition) is 0. The first-order valence-corrected chi connectivity index (χ1v) is 22.1. The van der Waals surface area contributed by atoms with Crippen molar-refractivity contribution in [2.45, 2.75) is 227 Å². The molecule has 0 nitrogen and oxygen atoms in total. The summed E-state index contributed by atoms with van der Waals surface area (Å²) in [5.74, 6) is 0. The van der Waals surface area contributed by atoms with Gasteiger partial charge in [-0.1, -0.05) is 38.5 Å². The van der Waals surface area contributed by atoms with E-state index in [-0.39, 0.29) is 38.2 Å². The van der Waals surface area contributed by atoms with Crippen molar-refractivity contribution in [3.05, 3.63) is 0 Å². The number of rotatable bonds is 6. The first-order valence-electron chi connectivity index (χ1n) is 18.6. The Morgan fingerprint density at radius 1 is 0.205 bits per heavy atom. The van der Waals surface area contributed by atoms with E-state index in [2.05, 4.69) is 0 Å². The molecule has 6 saturated carbocycles. The van der Waals surface area contributed by atoms with Crippen molar-refractivity contribution in [3.8, 4) is 0 Å². The monoisotopic (exact) mass is 759 g/mol. The molecule has 0 radical (unpaired) electrons. The fourth-order valence-electron chi connectivity index (χ4n) is 10.6. The summed E-state index contributed by atoms with van der Waals surface area (Å²) in [6.45, 7) is 0. The third-order valence-corrected chi connectivity index (χ3v) is 21.6. The predicted molar refractivity (Wildman–Crippen MR) is 178 cm³/mol. The first-order chi connectivity index (χ1) is 18.9. The molecule has 0 heterocycles. The van der Waals surface area contributed by atoms with Crippen LogP contribution >= 0.6 is 15.8 Å². The summed E-state index contributed by atoms with van der Waals surface area (Å²) >= 11 is 0. The van der Waals surface area contributed by atoms with Gasteiger partial charge in [-0.25, -0.2) is 0 Å². The molecular weight excluding hydrogens is 691 g/mol. The zero-order valence-electron chi connectivity index (χ0n) is 26.0. The Morgan fingerprint density at radius 2 is 0.333 bits per heavy atom. The summed E-state index contributed by atoms with van der Waals surface area (Å²) in [6, 6.07) is 0. The van der Waals surface area contributed by atoms with E-state index in [0.717, 1.165) is 0 Å². The molecule has 3 heteroatoms. The molecule has 6 fully saturated rings. The average Bonchev–Trinajstić information content (AvgIpc) is 3.01. The van der Waals surface area contributed by atoms with Crippen LogP contribution in [0.25, 0.3) is 0 Å². The van der Waals surface area contributed by atoms with Gasteiger partial charge in [-0.2, -0.15) is 0 Å². The van der Waals surface area contributed by atoms with E-state index in [1.807, 2.05) is 0 Å². The minimum absolute atomic E-state index is 0. The smallest absolute Gasteiger partial charge is 0.0530 e. The maximum atomic E-state index is 1.63. The zero-order chi connectivity index (χ0) is 25.8. The Bertz CT molecular complexity index is 464. The van der Waals surface area contributed by atoms with E-state index in [1.54, 1.807) is 193 Å². The van der Waals surface area contributed by atoms with Crippen LogP contribution in [-0.4, -0.2) is 34.0 Å². The predicted octanol–water partition coefficient (Wildman–Crippen LogP) is 12.4. The van der Waals surface area contributed by atoms with Crippen LogP contribution in [0.1, 0.15) is 193 Å². The van der Waals surface area contributed by atoms with Crippen LogP contribution in [0.3, 0.4) is 0 Å². The van der Waals surface area contributed by atoms with E-state index in [0.29, 0.717) is 0 Å². The van der Waals surface area contributed by atoms with E-state index in [9.17, 15) is 0 Å². The Hall–Kier alpha value is 1.60. The molecule has 39 heavy (non-hydrogen) atoms. The summed E-state index contributed by atoms with van der Waals surface area (Å²) in [5, 5.41) is 0. The van der Waals surface area contributed by atoms with Gasteiger partial charge in [0.2, 0.25) is 0 Å². The van der Waals surface area contributed by atoms with Crippen LogP contribution in [0.15, 0.2) is 0 Å². The molecule has 6 rings (SSSR count). The van der Waals surface area contributed by atoms with Gasteiger partial charge >= 0.3 is 22.4 Å². The summed E-state index contributed by atoms with van der Waals surface area (Å²) in [5.41, 5.74) is 7.36. The SMILES string of the molecule is C1CCC([PH+](C2CCCCC2)C2CCCCC2)CC1.C1CCC([PH+](C2CCCCC2)C2CCCCC2)CC1.[Au+]. The summed E-state index contributed by atoms with van der Waals surface area (Å²) in [6.07, 6.45) is 47.6. The van der Waals surface area contributed by atoms with Crippen molar-refractivity contribution in [1.29, 1.82) is 0 Å². The minimum atomic E-state index is -0.0465. The maximum absolute atomic E-state index is 1.63. The molecule has 6 aliphatic rings.